The molecule has 5 aromatic carbocycles. The van der Waals surface area contributed by atoms with Crippen LogP contribution in [0.5, 0.6) is 28.7 Å². The highest BCUT2D eigenvalue weighted by atomic mass is 16.6. The molecule has 3 saturated heterocycles. The predicted octanol–water partition coefficient (Wildman–Crippen LogP) is 15.0. The summed E-state index contributed by atoms with van der Waals surface area (Å²) in [6.45, 7) is 17.3. The molecule has 2 amide bonds. The lowest BCUT2D eigenvalue weighted by molar-refractivity contribution is -0.385. The summed E-state index contributed by atoms with van der Waals surface area (Å²) in [5, 5.41) is 49.4. The normalized spacial score (nSPS) is 13.8. The molecular formula is C67H104N8O16. The first-order chi connectivity index (χ1) is 43.3. The number of carbonyl (C=O) groups excluding carboxylic acids is 2. The van der Waals surface area contributed by atoms with Gasteiger partial charge in [-0.3, -0.25) is 30.3 Å². The highest BCUT2D eigenvalue weighted by Crippen LogP contribution is 2.21. The van der Waals surface area contributed by atoms with Gasteiger partial charge in [-0.2, -0.15) is 0 Å². The number of likely N-dealkylation sites (tertiary alicyclic amines) is 2. The number of nitrogens with zero attached hydrogens (tertiary/aromatic N) is 5. The highest BCUT2D eigenvalue weighted by molar-refractivity contribution is 5.68. The summed E-state index contributed by atoms with van der Waals surface area (Å²) in [6, 6.07) is 31.4. The van der Waals surface area contributed by atoms with Gasteiger partial charge in [0, 0.05) is 81.1 Å². The lowest BCUT2D eigenvalue weighted by atomic mass is 10.2. The molecular weight excluding hydrogens is 1170 g/mol. The van der Waals surface area contributed by atoms with E-state index in [0.29, 0.717) is 22.9 Å². The van der Waals surface area contributed by atoms with E-state index < -0.39 is 14.8 Å². The van der Waals surface area contributed by atoms with Crippen LogP contribution < -0.4 is 35.7 Å². The van der Waals surface area contributed by atoms with Crippen LogP contribution in [0.4, 0.5) is 38.0 Å². The van der Waals surface area contributed by atoms with E-state index in [1.807, 2.05) is 53.7 Å². The number of nitrogen functional groups attached to an aromatic ring is 2. The number of aromatic hydroxyl groups is 1. The van der Waals surface area contributed by atoms with E-state index in [1.165, 1.54) is 148 Å². The van der Waals surface area contributed by atoms with Crippen LogP contribution in [-0.2, 0) is 9.47 Å². The Labute approximate surface area is 538 Å². The molecule has 24 nitrogen and oxygen atoms in total. The fourth-order valence-corrected chi connectivity index (χ4v) is 8.04. The second-order valence-electron chi connectivity index (χ2n) is 22.6. The van der Waals surface area contributed by atoms with Gasteiger partial charge < -0.3 is 65.2 Å². The number of amides is 2. The topological polar surface area (TPSA) is 330 Å². The monoisotopic (exact) mass is 1280 g/mol. The summed E-state index contributed by atoms with van der Waals surface area (Å²) >= 11 is 0. The summed E-state index contributed by atoms with van der Waals surface area (Å²) in [4.78, 5) is 55.4. The van der Waals surface area contributed by atoms with Gasteiger partial charge in [0.25, 0.3) is 17.1 Å². The van der Waals surface area contributed by atoms with E-state index in [1.54, 1.807) is 89.7 Å². The average molecular weight is 1280 g/mol. The maximum absolute atomic E-state index is 11.4. The third-order valence-corrected chi connectivity index (χ3v) is 12.8. The number of phenolic OH excluding ortho intramolecular Hbond substituents is 1. The molecule has 0 unspecified atom stereocenters. The first-order valence-corrected chi connectivity index (χ1v) is 30.7. The second kappa shape index (κ2) is 49.2. The van der Waals surface area contributed by atoms with Gasteiger partial charge in [0.2, 0.25) is 0 Å². The van der Waals surface area contributed by atoms with E-state index in [-0.39, 0.29) is 46.2 Å². The van der Waals surface area contributed by atoms with Crippen molar-refractivity contribution in [2.45, 2.75) is 155 Å². The number of nitro benzene ring substituents is 3. The molecule has 0 atom stereocenters. The number of nitrogens with one attached hydrogen (secondary N) is 1. The number of hydrogen-bond donors (Lipinski definition) is 5. The molecule has 2 saturated carbocycles. The number of phenols is 1. The minimum atomic E-state index is -0.445. The van der Waals surface area contributed by atoms with Crippen molar-refractivity contribution in [1.29, 1.82) is 0 Å². The maximum Gasteiger partial charge on any atom is 0.410 e. The Morgan fingerprint density at radius 3 is 0.802 bits per heavy atom. The van der Waals surface area contributed by atoms with Crippen molar-refractivity contribution in [3.8, 4) is 28.7 Å². The first-order valence-electron chi connectivity index (χ1n) is 30.7. The van der Waals surface area contributed by atoms with Gasteiger partial charge in [-0.25, -0.2) is 9.59 Å². The number of nitrogens with two attached hydrogens (primary N) is 2. The third-order valence-electron chi connectivity index (χ3n) is 12.8. The maximum atomic E-state index is 11.4. The van der Waals surface area contributed by atoms with Crippen molar-refractivity contribution >= 4 is 40.6 Å². The number of ether oxygens (including phenoxy) is 6. The summed E-state index contributed by atoms with van der Waals surface area (Å²) in [6.07, 6.45) is 21.9. The lowest BCUT2D eigenvalue weighted by Crippen LogP contribution is -2.34. The van der Waals surface area contributed by atoms with Gasteiger partial charge in [0.15, 0.2) is 0 Å². The molecule has 5 fully saturated rings. The zero-order chi connectivity index (χ0) is 68.5. The molecule has 7 N–H and O–H groups in total. The van der Waals surface area contributed by atoms with Gasteiger partial charge in [-0.05, 0) is 178 Å². The van der Waals surface area contributed by atoms with Gasteiger partial charge in [-0.15, -0.1) is 0 Å². The Morgan fingerprint density at radius 1 is 0.407 bits per heavy atom. The van der Waals surface area contributed by atoms with E-state index >= 15 is 0 Å². The fraction of sp³-hybridized carbons (Fsp3) is 0.522. The smallest absolute Gasteiger partial charge is 0.410 e. The molecule has 91 heavy (non-hydrogen) atoms. The molecule has 0 aromatic heterocycles. The molecule has 3 heterocycles. The largest absolute Gasteiger partial charge is 0.508 e. The summed E-state index contributed by atoms with van der Waals surface area (Å²) in [5.41, 5.74) is 11.7. The SMILES string of the molecule is C1CCCC1.C1CCCC1.C1CCNC1.CC(C)(C)OC(=O)N1CCCC1.CC(C)(C)OC(=O)N1CCCC1.CO.COc1ccc(N)cc1.COc1ccc([N+](=O)[O-])cc1.COc1ccc([N+](=O)[O-])cc1.COc1ccc([N+](=O)[O-])cc1.Nc1ccc(O)cc1. The Morgan fingerprint density at radius 2 is 0.626 bits per heavy atom. The van der Waals surface area contributed by atoms with E-state index in [4.69, 9.17) is 50.1 Å². The van der Waals surface area contributed by atoms with Gasteiger partial charge in [-0.1, -0.05) is 64.2 Å². The quantitative estimate of drug-likeness (QED) is 0.0437. The van der Waals surface area contributed by atoms with Crippen molar-refractivity contribution in [2.24, 2.45) is 0 Å². The van der Waals surface area contributed by atoms with E-state index in [2.05, 4.69) is 5.32 Å². The van der Waals surface area contributed by atoms with Crippen LogP contribution in [0.15, 0.2) is 121 Å². The molecule has 0 spiro atoms. The Hall–Kier alpha value is -8.64. The van der Waals surface area contributed by atoms with Crippen LogP contribution in [-0.4, -0.2) is 133 Å². The van der Waals surface area contributed by atoms with E-state index in [0.717, 1.165) is 70.4 Å². The molecule has 24 heteroatoms. The van der Waals surface area contributed by atoms with Crippen LogP contribution in [0.3, 0.4) is 0 Å². The van der Waals surface area contributed by atoms with Crippen LogP contribution in [0.1, 0.15) is 144 Å². The lowest BCUT2D eigenvalue weighted by Gasteiger charge is -2.23. The van der Waals surface area contributed by atoms with Crippen LogP contribution in [0.25, 0.3) is 0 Å². The average Bonchev–Trinajstić information content (AvgIpc) is 3.80. The Kier molecular flexibility index (Phi) is 44.5. The number of aliphatic hydroxyl groups is 1. The molecule has 3 aliphatic heterocycles. The number of anilines is 2. The molecule has 508 valence electrons. The summed E-state index contributed by atoms with van der Waals surface area (Å²) in [5.74, 6) is 2.95. The fourth-order valence-electron chi connectivity index (χ4n) is 8.04. The second-order valence-corrected chi connectivity index (χ2v) is 22.6. The molecule has 0 radical (unpaired) electrons. The number of carbonyl (C=O) groups is 2. The van der Waals surface area contributed by atoms with E-state index in [9.17, 15) is 39.9 Å². The zero-order valence-corrected chi connectivity index (χ0v) is 55.6. The zero-order valence-electron chi connectivity index (χ0n) is 55.6. The van der Waals surface area contributed by atoms with Gasteiger partial charge in [0.1, 0.15) is 39.9 Å². The molecule has 5 aromatic rings. The molecule has 5 aliphatic rings. The van der Waals surface area contributed by atoms with Crippen LogP contribution >= 0.6 is 0 Å². The Bertz CT molecular complexity index is 2420. The number of non-ortho nitro benzene ring substituents is 3. The van der Waals surface area contributed by atoms with Crippen LogP contribution in [0, 0.1) is 30.3 Å². The molecule has 0 bridgehead atoms. The number of benzene rings is 5. The minimum Gasteiger partial charge on any atom is -0.508 e. The van der Waals surface area contributed by atoms with Crippen molar-refractivity contribution < 1.29 is 63.0 Å². The van der Waals surface area contributed by atoms with Crippen LogP contribution in [0.2, 0.25) is 0 Å². The van der Waals surface area contributed by atoms with Crippen molar-refractivity contribution in [2.75, 3.05) is 86.3 Å². The van der Waals surface area contributed by atoms with Crippen molar-refractivity contribution in [3.05, 3.63) is 152 Å². The van der Waals surface area contributed by atoms with Crippen molar-refractivity contribution in [3.63, 3.8) is 0 Å². The summed E-state index contributed by atoms with van der Waals surface area (Å²) in [7, 11) is 7.18. The number of aliphatic hydroxyl groups excluding tert-OH is 1. The molecule has 10 rings (SSSR count). The highest BCUT2D eigenvalue weighted by Gasteiger charge is 2.25. The number of hydrogen-bond acceptors (Lipinski definition) is 19. The minimum absolute atomic E-state index is 0.0748. The Balaban J connectivity index is 0.000000997. The number of nitro groups is 3. The predicted molar refractivity (Wildman–Crippen MR) is 359 cm³/mol. The number of methoxy groups -OCH3 is 4. The molecule has 2 aliphatic carbocycles. The number of rotatable bonds is 7. The third kappa shape index (κ3) is 43.6. The van der Waals surface area contributed by atoms with Gasteiger partial charge >= 0.3 is 12.2 Å². The first kappa shape index (κ1) is 82.4. The summed E-state index contributed by atoms with van der Waals surface area (Å²) < 4.78 is 29.8. The van der Waals surface area contributed by atoms with Gasteiger partial charge in [0.05, 0.1) is 43.2 Å². The standard InChI is InChI=1S/2C9H17NO2.3C7H7NO3.C7H9NO.C6H7NO.2C5H10.C4H9N.CH4O/c2*1-9(2,3)12-8(11)10-6-4-5-7-10;3*1-11-7-4-2-6(3-5-7)8(9)10;1-9-7-4-2-6(8)3-5-7;7-5-1-3-6(8)4-2-5;3*1-2-4-5-3-1;1-2/h2*4-7H2,1-3H3;3*2-5H,1H3;2-5H,8H2,1H3;1-4,8H,7H2;2*1-5H2;5H,1-4H2;2H,1H3. The van der Waals surface area contributed by atoms with Crippen molar-refractivity contribution in [1.82, 2.24) is 15.1 Å².